The molecule has 0 unspecified atom stereocenters. The van der Waals surface area contributed by atoms with E-state index in [9.17, 15) is 4.79 Å². The molecule has 0 saturated heterocycles. The van der Waals surface area contributed by atoms with Crippen LogP contribution in [0.5, 0.6) is 5.88 Å². The Bertz CT molecular complexity index is 587. The first-order chi connectivity index (χ1) is 9.70. The fourth-order valence-corrected chi connectivity index (χ4v) is 1.81. The highest BCUT2D eigenvalue weighted by molar-refractivity contribution is 6.32. The van der Waals surface area contributed by atoms with Crippen LogP contribution in [0.3, 0.4) is 0 Å². The summed E-state index contributed by atoms with van der Waals surface area (Å²) in [5, 5.41) is 0.0778. The zero-order valence-electron chi connectivity index (χ0n) is 11.0. The minimum atomic E-state index is -0.486. The lowest BCUT2D eigenvalue weighted by molar-refractivity contribution is 0.0526. The SMILES string of the molecule is CCOC(=O)c1ccc(OCc2ccccc2)nc1Cl. The number of carbonyl (C=O) groups excluding carboxylic acids is 1. The number of nitrogens with zero attached hydrogens (tertiary/aromatic N) is 1. The first kappa shape index (κ1) is 14.3. The van der Waals surface area contributed by atoms with Crippen molar-refractivity contribution < 1.29 is 14.3 Å². The van der Waals surface area contributed by atoms with E-state index in [0.717, 1.165) is 5.56 Å². The molecule has 0 bridgehead atoms. The summed E-state index contributed by atoms with van der Waals surface area (Å²) >= 11 is 5.95. The predicted molar refractivity (Wildman–Crippen MR) is 76.0 cm³/mol. The Hall–Kier alpha value is -2.07. The van der Waals surface area contributed by atoms with E-state index in [1.807, 2.05) is 30.3 Å². The van der Waals surface area contributed by atoms with Gasteiger partial charge in [0.05, 0.1) is 12.2 Å². The normalized spacial score (nSPS) is 10.1. The van der Waals surface area contributed by atoms with Gasteiger partial charge in [-0.1, -0.05) is 41.9 Å². The van der Waals surface area contributed by atoms with Crippen molar-refractivity contribution in [2.45, 2.75) is 13.5 Å². The zero-order valence-corrected chi connectivity index (χ0v) is 11.8. The third-order valence-electron chi connectivity index (χ3n) is 2.55. The minimum absolute atomic E-state index is 0.0778. The lowest BCUT2D eigenvalue weighted by Crippen LogP contribution is -2.07. The molecule has 5 heteroatoms. The number of benzene rings is 1. The molecule has 20 heavy (non-hydrogen) atoms. The van der Waals surface area contributed by atoms with Gasteiger partial charge < -0.3 is 9.47 Å². The van der Waals surface area contributed by atoms with E-state index >= 15 is 0 Å². The van der Waals surface area contributed by atoms with Crippen molar-refractivity contribution in [3.05, 3.63) is 58.7 Å². The Balaban J connectivity index is 2.04. The summed E-state index contributed by atoms with van der Waals surface area (Å²) in [4.78, 5) is 15.6. The van der Waals surface area contributed by atoms with Crippen LogP contribution in [0.4, 0.5) is 0 Å². The maximum Gasteiger partial charge on any atom is 0.341 e. The number of ether oxygens (including phenoxy) is 2. The topological polar surface area (TPSA) is 48.4 Å². The summed E-state index contributed by atoms with van der Waals surface area (Å²) in [7, 11) is 0. The van der Waals surface area contributed by atoms with Gasteiger partial charge in [0.2, 0.25) is 5.88 Å². The molecule has 1 aromatic carbocycles. The zero-order chi connectivity index (χ0) is 14.4. The summed E-state index contributed by atoms with van der Waals surface area (Å²) in [5.41, 5.74) is 1.26. The van der Waals surface area contributed by atoms with Crippen LogP contribution < -0.4 is 4.74 Å². The number of rotatable bonds is 5. The van der Waals surface area contributed by atoms with E-state index < -0.39 is 5.97 Å². The number of hydrogen-bond acceptors (Lipinski definition) is 4. The summed E-state index contributed by atoms with van der Waals surface area (Å²) in [6, 6.07) is 12.9. The molecule has 0 aliphatic carbocycles. The average Bonchev–Trinajstić information content (AvgIpc) is 2.46. The highest BCUT2D eigenvalue weighted by atomic mass is 35.5. The van der Waals surface area contributed by atoms with Crippen LogP contribution in [-0.2, 0) is 11.3 Å². The number of halogens is 1. The van der Waals surface area contributed by atoms with Crippen molar-refractivity contribution >= 4 is 17.6 Å². The van der Waals surface area contributed by atoms with Crippen molar-refractivity contribution in [2.75, 3.05) is 6.61 Å². The predicted octanol–water partition coefficient (Wildman–Crippen LogP) is 3.49. The van der Waals surface area contributed by atoms with Gasteiger partial charge in [-0.05, 0) is 18.6 Å². The Kier molecular flexibility index (Phi) is 4.96. The van der Waals surface area contributed by atoms with Crippen LogP contribution in [0.25, 0.3) is 0 Å². The van der Waals surface area contributed by atoms with Crippen LogP contribution in [0, 0.1) is 0 Å². The van der Waals surface area contributed by atoms with Gasteiger partial charge in [-0.15, -0.1) is 0 Å². The first-order valence-corrected chi connectivity index (χ1v) is 6.59. The first-order valence-electron chi connectivity index (χ1n) is 6.21. The molecule has 0 aliphatic heterocycles. The van der Waals surface area contributed by atoms with Crippen LogP contribution >= 0.6 is 11.6 Å². The van der Waals surface area contributed by atoms with Gasteiger partial charge in [-0.2, -0.15) is 0 Å². The van der Waals surface area contributed by atoms with Gasteiger partial charge in [0.15, 0.2) is 0 Å². The third-order valence-corrected chi connectivity index (χ3v) is 2.84. The van der Waals surface area contributed by atoms with Crippen molar-refractivity contribution in [1.29, 1.82) is 0 Å². The second kappa shape index (κ2) is 6.91. The third kappa shape index (κ3) is 3.71. The summed E-state index contributed by atoms with van der Waals surface area (Å²) in [5.74, 6) is -0.119. The van der Waals surface area contributed by atoms with Gasteiger partial charge in [0.1, 0.15) is 11.8 Å². The molecule has 4 nitrogen and oxygen atoms in total. The Morgan fingerprint density at radius 2 is 1.95 bits per heavy atom. The summed E-state index contributed by atoms with van der Waals surface area (Å²) in [6.07, 6.45) is 0. The Morgan fingerprint density at radius 1 is 1.20 bits per heavy atom. The number of pyridine rings is 1. The smallest absolute Gasteiger partial charge is 0.341 e. The van der Waals surface area contributed by atoms with Crippen molar-refractivity contribution in [3.8, 4) is 5.88 Å². The van der Waals surface area contributed by atoms with E-state index in [-0.39, 0.29) is 10.7 Å². The van der Waals surface area contributed by atoms with Crippen LogP contribution in [0.1, 0.15) is 22.8 Å². The van der Waals surface area contributed by atoms with Gasteiger partial charge in [-0.3, -0.25) is 0 Å². The Labute approximate surface area is 122 Å². The lowest BCUT2D eigenvalue weighted by atomic mass is 10.2. The minimum Gasteiger partial charge on any atom is -0.473 e. The molecule has 0 spiro atoms. The fraction of sp³-hybridized carbons (Fsp3) is 0.200. The molecule has 2 aromatic rings. The quantitative estimate of drug-likeness (QED) is 0.625. The van der Waals surface area contributed by atoms with E-state index in [0.29, 0.717) is 19.1 Å². The van der Waals surface area contributed by atoms with Crippen LogP contribution in [0.15, 0.2) is 42.5 Å². The Morgan fingerprint density at radius 3 is 2.60 bits per heavy atom. The lowest BCUT2D eigenvalue weighted by Gasteiger charge is -2.07. The standard InChI is InChI=1S/C15H14ClNO3/c1-2-19-15(18)12-8-9-13(17-14(12)16)20-10-11-6-4-3-5-7-11/h3-9H,2,10H2,1H3. The molecule has 0 atom stereocenters. The molecule has 0 radical (unpaired) electrons. The van der Waals surface area contributed by atoms with Crippen molar-refractivity contribution in [2.24, 2.45) is 0 Å². The molecular formula is C15H14ClNO3. The number of carbonyl (C=O) groups is 1. The molecule has 0 aliphatic rings. The average molecular weight is 292 g/mol. The molecule has 0 amide bonds. The van der Waals surface area contributed by atoms with E-state index in [1.54, 1.807) is 19.1 Å². The van der Waals surface area contributed by atoms with Crippen molar-refractivity contribution in [1.82, 2.24) is 4.98 Å². The fourth-order valence-electron chi connectivity index (χ4n) is 1.59. The monoisotopic (exact) mass is 291 g/mol. The van der Waals surface area contributed by atoms with E-state index in [1.165, 1.54) is 0 Å². The molecule has 0 fully saturated rings. The highest BCUT2D eigenvalue weighted by Gasteiger charge is 2.13. The molecule has 0 saturated carbocycles. The number of aromatic nitrogens is 1. The molecule has 2 rings (SSSR count). The highest BCUT2D eigenvalue weighted by Crippen LogP contribution is 2.19. The van der Waals surface area contributed by atoms with Crippen molar-refractivity contribution in [3.63, 3.8) is 0 Å². The van der Waals surface area contributed by atoms with Gasteiger partial charge >= 0.3 is 5.97 Å². The van der Waals surface area contributed by atoms with Crippen LogP contribution in [-0.4, -0.2) is 17.6 Å². The maximum absolute atomic E-state index is 11.6. The molecule has 1 aromatic heterocycles. The number of esters is 1. The largest absolute Gasteiger partial charge is 0.473 e. The van der Waals surface area contributed by atoms with Crippen LogP contribution in [0.2, 0.25) is 5.15 Å². The van der Waals surface area contributed by atoms with Gasteiger partial charge in [0, 0.05) is 6.07 Å². The van der Waals surface area contributed by atoms with E-state index in [4.69, 9.17) is 21.1 Å². The molecule has 1 heterocycles. The summed E-state index contributed by atoms with van der Waals surface area (Å²) in [6.45, 7) is 2.42. The second-order valence-electron chi connectivity index (χ2n) is 3.98. The molecule has 0 N–H and O–H groups in total. The maximum atomic E-state index is 11.6. The summed E-state index contributed by atoms with van der Waals surface area (Å²) < 4.78 is 10.4. The molecular weight excluding hydrogens is 278 g/mol. The van der Waals surface area contributed by atoms with Gasteiger partial charge in [0.25, 0.3) is 0 Å². The van der Waals surface area contributed by atoms with Gasteiger partial charge in [-0.25, -0.2) is 9.78 Å². The van der Waals surface area contributed by atoms with E-state index in [2.05, 4.69) is 4.98 Å². The number of hydrogen-bond donors (Lipinski definition) is 0. The second-order valence-corrected chi connectivity index (χ2v) is 4.34. The molecule has 104 valence electrons.